The normalized spacial score (nSPS) is 12.9. The molecule has 0 saturated heterocycles. The number of ether oxygens (including phenoxy) is 4. The number of para-hydroxylation sites is 4. The van der Waals surface area contributed by atoms with Crippen LogP contribution in [0.3, 0.4) is 0 Å². The average molecular weight is 419 g/mol. The molecule has 0 aliphatic carbocycles. The summed E-state index contributed by atoms with van der Waals surface area (Å²) in [4.78, 5) is 14.1. The Morgan fingerprint density at radius 2 is 1.48 bits per heavy atom. The number of benzene rings is 3. The molecular formula is C25H25NO5. The van der Waals surface area contributed by atoms with Gasteiger partial charge >= 0.3 is 5.97 Å². The molecule has 3 aromatic carbocycles. The van der Waals surface area contributed by atoms with Crippen molar-refractivity contribution in [3.63, 3.8) is 0 Å². The molecule has 1 aliphatic rings. The van der Waals surface area contributed by atoms with Crippen LogP contribution >= 0.6 is 0 Å². The Balaban J connectivity index is 1.37. The highest BCUT2D eigenvalue weighted by Crippen LogP contribution is 2.45. The first-order valence-electron chi connectivity index (χ1n) is 10.4. The fraction of sp³-hybridized carbons (Fsp3) is 0.240. The second kappa shape index (κ2) is 9.53. The van der Waals surface area contributed by atoms with Gasteiger partial charge in [-0.05, 0) is 62.4 Å². The summed E-state index contributed by atoms with van der Waals surface area (Å²) in [5.74, 6) is 2.40. The van der Waals surface area contributed by atoms with E-state index >= 15 is 0 Å². The van der Waals surface area contributed by atoms with E-state index in [0.717, 1.165) is 22.9 Å². The quantitative estimate of drug-likeness (QED) is 0.363. The Morgan fingerprint density at radius 1 is 0.903 bits per heavy atom. The predicted molar refractivity (Wildman–Crippen MR) is 119 cm³/mol. The standard InChI is InChI=1S/C25H25NO5/c1-3-28-18(2)25(27)30-20-14-12-19(13-15-20)29-17-16-26-21-8-4-6-10-23(21)31-24-11-7-5-9-22(24)26/h4-15,18H,3,16-17H2,1-2H3. The van der Waals surface area contributed by atoms with Crippen LogP contribution in [0.25, 0.3) is 0 Å². The predicted octanol–water partition coefficient (Wildman–Crippen LogP) is 5.34. The van der Waals surface area contributed by atoms with E-state index < -0.39 is 12.1 Å². The van der Waals surface area contributed by atoms with Gasteiger partial charge in [0.1, 0.15) is 18.1 Å². The van der Waals surface area contributed by atoms with Crippen LogP contribution < -0.4 is 19.1 Å². The summed E-state index contributed by atoms with van der Waals surface area (Å²) in [5.41, 5.74) is 2.02. The number of nitrogens with zero attached hydrogens (tertiary/aromatic N) is 1. The topological polar surface area (TPSA) is 57.2 Å². The van der Waals surface area contributed by atoms with Gasteiger partial charge in [0.05, 0.1) is 17.9 Å². The first kappa shape index (κ1) is 20.8. The highest BCUT2D eigenvalue weighted by molar-refractivity contribution is 5.78. The monoisotopic (exact) mass is 419 g/mol. The number of rotatable bonds is 8. The van der Waals surface area contributed by atoms with Crippen molar-refractivity contribution in [2.24, 2.45) is 0 Å². The molecule has 6 heteroatoms. The van der Waals surface area contributed by atoms with Crippen molar-refractivity contribution in [2.75, 3.05) is 24.7 Å². The van der Waals surface area contributed by atoms with Crippen molar-refractivity contribution in [2.45, 2.75) is 20.0 Å². The van der Waals surface area contributed by atoms with E-state index in [1.165, 1.54) is 0 Å². The molecule has 160 valence electrons. The molecule has 0 saturated carbocycles. The maximum absolute atomic E-state index is 11.9. The molecule has 0 fully saturated rings. The zero-order valence-electron chi connectivity index (χ0n) is 17.6. The van der Waals surface area contributed by atoms with Crippen LogP contribution in [0, 0.1) is 0 Å². The first-order chi connectivity index (χ1) is 15.2. The van der Waals surface area contributed by atoms with Gasteiger partial charge in [-0.1, -0.05) is 24.3 Å². The Labute approximate surface area is 181 Å². The maximum atomic E-state index is 11.9. The third-order valence-corrected chi connectivity index (χ3v) is 4.91. The molecule has 0 amide bonds. The third-order valence-electron chi connectivity index (χ3n) is 4.91. The van der Waals surface area contributed by atoms with Crippen LogP contribution in [0.15, 0.2) is 72.8 Å². The van der Waals surface area contributed by atoms with Gasteiger partial charge in [0.25, 0.3) is 0 Å². The van der Waals surface area contributed by atoms with Gasteiger partial charge in [0.15, 0.2) is 17.6 Å². The second-order valence-corrected chi connectivity index (χ2v) is 7.03. The lowest BCUT2D eigenvalue weighted by molar-refractivity contribution is -0.145. The van der Waals surface area contributed by atoms with Crippen molar-refractivity contribution in [3.8, 4) is 23.0 Å². The molecule has 31 heavy (non-hydrogen) atoms. The summed E-state index contributed by atoms with van der Waals surface area (Å²) in [6.07, 6.45) is -0.597. The Bertz CT molecular complexity index is 989. The molecule has 0 radical (unpaired) electrons. The number of hydrogen-bond donors (Lipinski definition) is 0. The van der Waals surface area contributed by atoms with Crippen LogP contribution in [0.1, 0.15) is 13.8 Å². The highest BCUT2D eigenvalue weighted by Gasteiger charge is 2.23. The van der Waals surface area contributed by atoms with E-state index in [0.29, 0.717) is 31.3 Å². The molecule has 4 rings (SSSR count). The molecule has 1 aliphatic heterocycles. The van der Waals surface area contributed by atoms with E-state index in [4.69, 9.17) is 18.9 Å². The molecule has 6 nitrogen and oxygen atoms in total. The van der Waals surface area contributed by atoms with Crippen molar-refractivity contribution < 1.29 is 23.7 Å². The molecule has 3 aromatic rings. The van der Waals surface area contributed by atoms with Crippen LogP contribution in [0.2, 0.25) is 0 Å². The fourth-order valence-corrected chi connectivity index (χ4v) is 3.40. The minimum absolute atomic E-state index is 0.417. The van der Waals surface area contributed by atoms with Gasteiger partial charge in [-0.3, -0.25) is 0 Å². The summed E-state index contributed by atoms with van der Waals surface area (Å²) in [6, 6.07) is 22.9. The molecule has 0 aromatic heterocycles. The molecule has 1 atom stereocenters. The van der Waals surface area contributed by atoms with Gasteiger partial charge in [0, 0.05) is 6.61 Å². The highest BCUT2D eigenvalue weighted by atomic mass is 16.6. The third kappa shape index (κ3) is 4.81. The average Bonchev–Trinajstić information content (AvgIpc) is 2.80. The molecule has 1 unspecified atom stereocenters. The number of anilines is 2. The summed E-state index contributed by atoms with van der Waals surface area (Å²) < 4.78 is 22.5. The minimum atomic E-state index is -0.597. The first-order valence-corrected chi connectivity index (χ1v) is 10.4. The SMILES string of the molecule is CCOC(C)C(=O)Oc1ccc(OCCN2c3ccccc3Oc3ccccc32)cc1. The van der Waals surface area contributed by atoms with E-state index in [2.05, 4.69) is 4.90 Å². The van der Waals surface area contributed by atoms with Crippen LogP contribution in [-0.4, -0.2) is 31.8 Å². The van der Waals surface area contributed by atoms with Crippen molar-refractivity contribution >= 4 is 17.3 Å². The lowest BCUT2D eigenvalue weighted by Gasteiger charge is -2.32. The largest absolute Gasteiger partial charge is 0.492 e. The summed E-state index contributed by atoms with van der Waals surface area (Å²) >= 11 is 0. The van der Waals surface area contributed by atoms with Crippen molar-refractivity contribution in [1.29, 1.82) is 0 Å². The van der Waals surface area contributed by atoms with E-state index in [1.54, 1.807) is 31.2 Å². The Hall–Kier alpha value is -3.51. The smallest absolute Gasteiger partial charge is 0.340 e. The Morgan fingerprint density at radius 3 is 2.10 bits per heavy atom. The van der Waals surface area contributed by atoms with Gasteiger partial charge in [-0.2, -0.15) is 0 Å². The number of carbonyl (C=O) groups is 1. The van der Waals surface area contributed by atoms with E-state index in [1.807, 2.05) is 55.5 Å². The van der Waals surface area contributed by atoms with Gasteiger partial charge in [-0.15, -0.1) is 0 Å². The zero-order valence-corrected chi connectivity index (χ0v) is 17.6. The number of fused-ring (bicyclic) bond motifs is 2. The zero-order chi connectivity index (χ0) is 21.6. The second-order valence-electron chi connectivity index (χ2n) is 7.03. The van der Waals surface area contributed by atoms with Crippen LogP contribution in [0.4, 0.5) is 11.4 Å². The molecule has 0 spiro atoms. The van der Waals surface area contributed by atoms with Crippen molar-refractivity contribution in [3.05, 3.63) is 72.8 Å². The Kier molecular flexibility index (Phi) is 6.38. The molecule has 1 heterocycles. The summed E-state index contributed by atoms with van der Waals surface area (Å²) in [5, 5.41) is 0. The maximum Gasteiger partial charge on any atom is 0.340 e. The van der Waals surface area contributed by atoms with Crippen LogP contribution in [-0.2, 0) is 9.53 Å². The fourth-order valence-electron chi connectivity index (χ4n) is 3.40. The van der Waals surface area contributed by atoms with E-state index in [9.17, 15) is 4.79 Å². The lowest BCUT2D eigenvalue weighted by atomic mass is 10.1. The molecular weight excluding hydrogens is 394 g/mol. The van der Waals surface area contributed by atoms with Gasteiger partial charge < -0.3 is 23.8 Å². The summed E-state index contributed by atoms with van der Waals surface area (Å²) in [6.45, 7) is 5.10. The number of carbonyl (C=O) groups excluding carboxylic acids is 1. The number of hydrogen-bond acceptors (Lipinski definition) is 6. The molecule has 0 bridgehead atoms. The minimum Gasteiger partial charge on any atom is -0.492 e. The van der Waals surface area contributed by atoms with Crippen molar-refractivity contribution in [1.82, 2.24) is 0 Å². The van der Waals surface area contributed by atoms with E-state index in [-0.39, 0.29) is 0 Å². The van der Waals surface area contributed by atoms with Gasteiger partial charge in [-0.25, -0.2) is 4.79 Å². The summed E-state index contributed by atoms with van der Waals surface area (Å²) in [7, 11) is 0. The van der Waals surface area contributed by atoms with Gasteiger partial charge in [0.2, 0.25) is 0 Å². The number of esters is 1. The molecule has 0 N–H and O–H groups in total. The van der Waals surface area contributed by atoms with Crippen LogP contribution in [0.5, 0.6) is 23.0 Å². The lowest BCUT2D eigenvalue weighted by Crippen LogP contribution is -2.26.